The monoisotopic (exact) mass is 201 g/mol. The van der Waals surface area contributed by atoms with Crippen LogP contribution < -0.4 is 5.32 Å². The lowest BCUT2D eigenvalue weighted by Crippen LogP contribution is -2.25. The maximum absolute atomic E-state index is 11.1. The van der Waals surface area contributed by atoms with E-state index in [1.54, 1.807) is 0 Å². The fourth-order valence-electron chi connectivity index (χ4n) is 1.05. The lowest BCUT2D eigenvalue weighted by Gasteiger charge is -2.05. The van der Waals surface area contributed by atoms with Crippen LogP contribution in [0.2, 0.25) is 0 Å². The summed E-state index contributed by atoms with van der Waals surface area (Å²) in [5.74, 6) is 0.664. The zero-order chi connectivity index (χ0) is 11.4. The summed E-state index contributed by atoms with van der Waals surface area (Å²) < 4.78 is 0. The number of nitrogens with one attached hydrogen (secondary N) is 1. The van der Waals surface area contributed by atoms with Crippen molar-refractivity contribution in [1.82, 2.24) is 5.32 Å². The van der Waals surface area contributed by atoms with Gasteiger partial charge in [0, 0.05) is 13.0 Å². The Labute approximate surface area is 89.5 Å². The maximum atomic E-state index is 11.1. The van der Waals surface area contributed by atoms with Crippen molar-refractivity contribution in [2.75, 3.05) is 6.54 Å². The average molecular weight is 201 g/mol. The molecule has 0 spiro atoms. The molecule has 0 unspecified atom stereocenters. The van der Waals surface area contributed by atoms with Crippen molar-refractivity contribution in [1.29, 1.82) is 0 Å². The van der Waals surface area contributed by atoms with Crippen LogP contribution in [0.15, 0.2) is 0 Å². The Kier molecular flexibility index (Phi) is 14.2. The predicted molar refractivity (Wildman–Crippen MR) is 63.3 cm³/mol. The van der Waals surface area contributed by atoms with Gasteiger partial charge in [0.25, 0.3) is 0 Å². The summed E-state index contributed by atoms with van der Waals surface area (Å²) >= 11 is 0. The van der Waals surface area contributed by atoms with E-state index in [1.165, 1.54) is 12.8 Å². The van der Waals surface area contributed by atoms with Crippen molar-refractivity contribution in [2.45, 2.75) is 60.3 Å². The van der Waals surface area contributed by atoms with Gasteiger partial charge in [-0.05, 0) is 12.3 Å². The fourth-order valence-corrected chi connectivity index (χ4v) is 1.05. The molecule has 0 aromatic heterocycles. The molecule has 1 N–H and O–H groups in total. The number of amides is 1. The smallest absolute Gasteiger partial charge is 0.220 e. The molecule has 2 nitrogen and oxygen atoms in total. The first kappa shape index (κ1) is 15.9. The average Bonchev–Trinajstić information content (AvgIpc) is 2.15. The summed E-state index contributed by atoms with van der Waals surface area (Å²) in [5, 5.41) is 2.91. The third-order valence-electron chi connectivity index (χ3n) is 1.70. The zero-order valence-corrected chi connectivity index (χ0v) is 10.5. The molecule has 0 bridgehead atoms. The molecule has 1 amide bonds. The molecule has 0 radical (unpaired) electrons. The van der Waals surface area contributed by atoms with Gasteiger partial charge in [0.05, 0.1) is 0 Å². The van der Waals surface area contributed by atoms with Gasteiger partial charge in [0.1, 0.15) is 0 Å². The minimum absolute atomic E-state index is 0.195. The van der Waals surface area contributed by atoms with Crippen molar-refractivity contribution in [3.05, 3.63) is 0 Å². The Hall–Kier alpha value is -0.530. The van der Waals surface area contributed by atoms with E-state index in [4.69, 9.17) is 0 Å². The molecular formula is C12H27NO. The Morgan fingerprint density at radius 2 is 1.79 bits per heavy atom. The molecule has 0 rings (SSSR count). The van der Waals surface area contributed by atoms with Crippen LogP contribution in [0.25, 0.3) is 0 Å². The van der Waals surface area contributed by atoms with Crippen molar-refractivity contribution in [2.24, 2.45) is 5.92 Å². The number of rotatable bonds is 6. The first-order chi connectivity index (χ1) is 6.66. The normalized spacial score (nSPS) is 9.29. The van der Waals surface area contributed by atoms with E-state index in [-0.39, 0.29) is 5.91 Å². The molecule has 0 heterocycles. The summed E-state index contributed by atoms with van der Waals surface area (Å²) in [6, 6.07) is 0. The van der Waals surface area contributed by atoms with Crippen molar-refractivity contribution >= 4 is 5.91 Å². The largest absolute Gasteiger partial charge is 0.356 e. The summed E-state index contributed by atoms with van der Waals surface area (Å²) in [5.41, 5.74) is 0. The van der Waals surface area contributed by atoms with Crippen molar-refractivity contribution in [3.63, 3.8) is 0 Å². The summed E-state index contributed by atoms with van der Waals surface area (Å²) in [7, 11) is 0. The highest BCUT2D eigenvalue weighted by Gasteiger charge is 2.02. The van der Waals surface area contributed by atoms with Gasteiger partial charge in [-0.25, -0.2) is 0 Å². The molecule has 0 aliphatic rings. The SMILES string of the molecule is CC.CCCCCNC(=O)CC(C)C. The predicted octanol–water partition coefficient (Wildman–Crippen LogP) is 3.37. The van der Waals surface area contributed by atoms with E-state index < -0.39 is 0 Å². The lowest BCUT2D eigenvalue weighted by molar-refractivity contribution is -0.121. The van der Waals surface area contributed by atoms with Crippen LogP contribution in [-0.4, -0.2) is 12.5 Å². The van der Waals surface area contributed by atoms with Gasteiger partial charge in [-0.15, -0.1) is 0 Å². The fraction of sp³-hybridized carbons (Fsp3) is 0.917. The topological polar surface area (TPSA) is 29.1 Å². The van der Waals surface area contributed by atoms with Crippen LogP contribution in [-0.2, 0) is 4.79 Å². The second-order valence-electron chi connectivity index (χ2n) is 3.66. The molecule has 0 aromatic carbocycles. The van der Waals surface area contributed by atoms with Gasteiger partial charge >= 0.3 is 0 Å². The highest BCUT2D eigenvalue weighted by atomic mass is 16.1. The molecule has 0 fully saturated rings. The van der Waals surface area contributed by atoms with Crippen LogP contribution in [0.1, 0.15) is 60.3 Å². The van der Waals surface area contributed by atoms with Gasteiger partial charge in [-0.2, -0.15) is 0 Å². The molecular weight excluding hydrogens is 174 g/mol. The summed E-state index contributed by atoms with van der Waals surface area (Å²) in [6.07, 6.45) is 4.19. The van der Waals surface area contributed by atoms with Crippen molar-refractivity contribution < 1.29 is 4.79 Å². The molecule has 86 valence electrons. The van der Waals surface area contributed by atoms with Gasteiger partial charge < -0.3 is 5.32 Å². The lowest BCUT2D eigenvalue weighted by atomic mass is 10.1. The second-order valence-corrected chi connectivity index (χ2v) is 3.66. The highest BCUT2D eigenvalue weighted by Crippen LogP contribution is 1.98. The van der Waals surface area contributed by atoms with E-state index in [0.717, 1.165) is 13.0 Å². The number of carbonyl (C=O) groups excluding carboxylic acids is 1. The number of carbonyl (C=O) groups is 1. The van der Waals surface area contributed by atoms with E-state index in [9.17, 15) is 4.79 Å². The quantitative estimate of drug-likeness (QED) is 0.656. The molecule has 0 aliphatic carbocycles. The Morgan fingerprint density at radius 1 is 1.21 bits per heavy atom. The molecule has 2 heteroatoms. The van der Waals surface area contributed by atoms with Crippen molar-refractivity contribution in [3.8, 4) is 0 Å². The molecule has 0 saturated heterocycles. The first-order valence-corrected chi connectivity index (χ1v) is 5.93. The van der Waals surface area contributed by atoms with E-state index >= 15 is 0 Å². The number of hydrogen-bond acceptors (Lipinski definition) is 1. The summed E-state index contributed by atoms with van der Waals surface area (Å²) in [4.78, 5) is 11.1. The first-order valence-electron chi connectivity index (χ1n) is 5.93. The van der Waals surface area contributed by atoms with Crippen LogP contribution in [0.5, 0.6) is 0 Å². The Bertz CT molecular complexity index is 121. The van der Waals surface area contributed by atoms with Crippen LogP contribution in [0.4, 0.5) is 0 Å². The number of unbranched alkanes of at least 4 members (excludes halogenated alkanes) is 2. The van der Waals surface area contributed by atoms with Crippen LogP contribution in [0, 0.1) is 5.92 Å². The van der Waals surface area contributed by atoms with Gasteiger partial charge in [-0.3, -0.25) is 4.79 Å². The van der Waals surface area contributed by atoms with E-state index in [0.29, 0.717) is 12.3 Å². The zero-order valence-electron chi connectivity index (χ0n) is 10.5. The van der Waals surface area contributed by atoms with Gasteiger partial charge in [0.15, 0.2) is 0 Å². The molecule has 0 aliphatic heterocycles. The van der Waals surface area contributed by atoms with Crippen LogP contribution >= 0.6 is 0 Å². The Morgan fingerprint density at radius 3 is 2.21 bits per heavy atom. The molecule has 0 aromatic rings. The molecule has 0 saturated carbocycles. The minimum atomic E-state index is 0.195. The maximum Gasteiger partial charge on any atom is 0.220 e. The highest BCUT2D eigenvalue weighted by molar-refractivity contribution is 5.75. The van der Waals surface area contributed by atoms with E-state index in [1.807, 2.05) is 13.8 Å². The minimum Gasteiger partial charge on any atom is -0.356 e. The third-order valence-corrected chi connectivity index (χ3v) is 1.70. The molecule has 14 heavy (non-hydrogen) atoms. The standard InChI is InChI=1S/C10H21NO.C2H6/c1-4-5-6-7-11-10(12)8-9(2)3;1-2/h9H,4-8H2,1-3H3,(H,11,12);1-2H3. The molecule has 0 atom stereocenters. The van der Waals surface area contributed by atoms with Crippen LogP contribution in [0.3, 0.4) is 0 Å². The number of hydrogen-bond donors (Lipinski definition) is 1. The Balaban J connectivity index is 0. The third kappa shape index (κ3) is 14.0. The summed E-state index contributed by atoms with van der Waals surface area (Å²) in [6.45, 7) is 11.1. The second kappa shape index (κ2) is 12.5. The van der Waals surface area contributed by atoms with Gasteiger partial charge in [-0.1, -0.05) is 47.5 Å². The van der Waals surface area contributed by atoms with Gasteiger partial charge in [0.2, 0.25) is 5.91 Å². The van der Waals surface area contributed by atoms with E-state index in [2.05, 4.69) is 26.1 Å².